The Balaban J connectivity index is 1.96. The van der Waals surface area contributed by atoms with Crippen molar-refractivity contribution in [3.8, 4) is 0 Å². The molecule has 0 amide bonds. The molecule has 2 fully saturated rings. The second-order valence-electron chi connectivity index (χ2n) is 4.83. The van der Waals surface area contributed by atoms with Gasteiger partial charge >= 0.3 is 0 Å². The van der Waals surface area contributed by atoms with Crippen molar-refractivity contribution in [2.45, 2.75) is 44.8 Å². The molecule has 3 nitrogen and oxygen atoms in total. The predicted molar refractivity (Wildman–Crippen MR) is 62.1 cm³/mol. The molecule has 15 heavy (non-hydrogen) atoms. The Kier molecular flexibility index (Phi) is 3.65. The molecule has 2 atom stereocenters. The monoisotopic (exact) mass is 212 g/mol. The molecule has 0 aromatic heterocycles. The van der Waals surface area contributed by atoms with E-state index in [-0.39, 0.29) is 5.60 Å². The highest BCUT2D eigenvalue weighted by Crippen LogP contribution is 2.32. The summed E-state index contributed by atoms with van der Waals surface area (Å²) >= 11 is 0. The first-order chi connectivity index (χ1) is 7.29. The average molecular weight is 212 g/mol. The van der Waals surface area contributed by atoms with Crippen molar-refractivity contribution in [3.05, 3.63) is 0 Å². The Morgan fingerprint density at radius 3 is 2.80 bits per heavy atom. The van der Waals surface area contributed by atoms with E-state index in [9.17, 15) is 0 Å². The van der Waals surface area contributed by atoms with E-state index in [1.54, 1.807) is 0 Å². The van der Waals surface area contributed by atoms with Gasteiger partial charge in [-0.25, -0.2) is 0 Å². The lowest BCUT2D eigenvalue weighted by Crippen LogP contribution is -2.49. The van der Waals surface area contributed by atoms with Crippen LogP contribution in [-0.4, -0.2) is 49.3 Å². The fraction of sp³-hybridized carbons (Fsp3) is 1.00. The van der Waals surface area contributed by atoms with Crippen LogP contribution in [0.1, 0.15) is 33.1 Å². The van der Waals surface area contributed by atoms with Crippen LogP contribution in [0.2, 0.25) is 0 Å². The SMILES string of the molecule is CCN(CC)[C@@H]1CCO[C@]2(CCNC2)C1. The van der Waals surface area contributed by atoms with Gasteiger partial charge in [-0.1, -0.05) is 13.8 Å². The van der Waals surface area contributed by atoms with Crippen LogP contribution in [0.5, 0.6) is 0 Å². The van der Waals surface area contributed by atoms with Gasteiger partial charge in [-0.2, -0.15) is 0 Å². The summed E-state index contributed by atoms with van der Waals surface area (Å²) in [4.78, 5) is 2.59. The Morgan fingerprint density at radius 2 is 2.20 bits per heavy atom. The summed E-state index contributed by atoms with van der Waals surface area (Å²) in [6.07, 6.45) is 3.63. The zero-order valence-electron chi connectivity index (χ0n) is 10.1. The molecule has 0 aliphatic carbocycles. The minimum absolute atomic E-state index is 0.172. The molecule has 0 aromatic rings. The topological polar surface area (TPSA) is 24.5 Å². The van der Waals surface area contributed by atoms with Gasteiger partial charge in [0.05, 0.1) is 5.60 Å². The lowest BCUT2D eigenvalue weighted by Gasteiger charge is -2.42. The van der Waals surface area contributed by atoms with E-state index in [2.05, 4.69) is 24.1 Å². The minimum Gasteiger partial charge on any atom is -0.374 e. The summed E-state index contributed by atoms with van der Waals surface area (Å²) < 4.78 is 6.01. The number of ether oxygens (including phenoxy) is 1. The van der Waals surface area contributed by atoms with E-state index in [1.807, 2.05) is 0 Å². The van der Waals surface area contributed by atoms with Crippen molar-refractivity contribution in [2.75, 3.05) is 32.8 Å². The molecular formula is C12H24N2O. The smallest absolute Gasteiger partial charge is 0.0833 e. The first-order valence-corrected chi connectivity index (χ1v) is 6.38. The summed E-state index contributed by atoms with van der Waals surface area (Å²) in [5, 5.41) is 3.43. The molecule has 2 aliphatic heterocycles. The van der Waals surface area contributed by atoms with Gasteiger partial charge in [0.2, 0.25) is 0 Å². The van der Waals surface area contributed by atoms with Gasteiger partial charge in [-0.3, -0.25) is 0 Å². The van der Waals surface area contributed by atoms with Crippen LogP contribution in [0.15, 0.2) is 0 Å². The summed E-state index contributed by atoms with van der Waals surface area (Å²) in [5.41, 5.74) is 0.172. The third-order valence-corrected chi connectivity index (χ3v) is 4.00. The molecule has 1 spiro atoms. The van der Waals surface area contributed by atoms with Crippen LogP contribution in [0.3, 0.4) is 0 Å². The van der Waals surface area contributed by atoms with E-state index >= 15 is 0 Å². The van der Waals surface area contributed by atoms with E-state index in [0.717, 1.165) is 25.7 Å². The van der Waals surface area contributed by atoms with Crippen molar-refractivity contribution in [1.29, 1.82) is 0 Å². The molecule has 0 aromatic carbocycles. The van der Waals surface area contributed by atoms with Gasteiger partial charge in [0.15, 0.2) is 0 Å². The largest absolute Gasteiger partial charge is 0.374 e. The molecular weight excluding hydrogens is 188 g/mol. The molecule has 0 bridgehead atoms. The maximum absolute atomic E-state index is 6.01. The Morgan fingerprint density at radius 1 is 1.40 bits per heavy atom. The van der Waals surface area contributed by atoms with Crippen LogP contribution < -0.4 is 5.32 Å². The number of hydrogen-bond donors (Lipinski definition) is 1. The molecule has 2 saturated heterocycles. The maximum atomic E-state index is 6.01. The molecule has 2 aliphatic rings. The van der Waals surface area contributed by atoms with Crippen LogP contribution in [0, 0.1) is 0 Å². The van der Waals surface area contributed by atoms with Gasteiger partial charge in [-0.15, -0.1) is 0 Å². The number of rotatable bonds is 3. The fourth-order valence-corrected chi connectivity index (χ4v) is 3.07. The Bertz CT molecular complexity index is 198. The van der Waals surface area contributed by atoms with Gasteiger partial charge in [0.25, 0.3) is 0 Å². The van der Waals surface area contributed by atoms with Crippen molar-refractivity contribution in [2.24, 2.45) is 0 Å². The molecule has 0 radical (unpaired) electrons. The van der Waals surface area contributed by atoms with Crippen LogP contribution >= 0.6 is 0 Å². The molecule has 2 heterocycles. The lowest BCUT2D eigenvalue weighted by atomic mass is 9.89. The molecule has 1 N–H and O–H groups in total. The van der Waals surface area contributed by atoms with Crippen molar-refractivity contribution in [1.82, 2.24) is 10.2 Å². The highest BCUT2D eigenvalue weighted by Gasteiger charge is 2.40. The maximum Gasteiger partial charge on any atom is 0.0833 e. The molecule has 3 heteroatoms. The summed E-state index contributed by atoms with van der Waals surface area (Å²) in [6.45, 7) is 10.0. The Hall–Kier alpha value is -0.120. The molecule has 2 rings (SSSR count). The van der Waals surface area contributed by atoms with Crippen LogP contribution in [-0.2, 0) is 4.74 Å². The summed E-state index contributed by atoms with van der Waals surface area (Å²) in [6, 6.07) is 0.744. The van der Waals surface area contributed by atoms with Gasteiger partial charge in [-0.05, 0) is 38.9 Å². The zero-order valence-corrected chi connectivity index (χ0v) is 10.1. The molecule has 88 valence electrons. The third kappa shape index (κ3) is 2.35. The highest BCUT2D eigenvalue weighted by molar-refractivity contribution is 4.96. The quantitative estimate of drug-likeness (QED) is 0.762. The first-order valence-electron chi connectivity index (χ1n) is 6.38. The van der Waals surface area contributed by atoms with Crippen molar-refractivity contribution >= 4 is 0 Å². The van der Waals surface area contributed by atoms with Crippen LogP contribution in [0.25, 0.3) is 0 Å². The zero-order chi connectivity index (χ0) is 10.7. The fourth-order valence-electron chi connectivity index (χ4n) is 3.07. The van der Waals surface area contributed by atoms with E-state index in [4.69, 9.17) is 4.74 Å². The third-order valence-electron chi connectivity index (χ3n) is 4.00. The van der Waals surface area contributed by atoms with Crippen LogP contribution in [0.4, 0.5) is 0 Å². The second kappa shape index (κ2) is 4.81. The van der Waals surface area contributed by atoms with E-state index < -0.39 is 0 Å². The second-order valence-corrected chi connectivity index (χ2v) is 4.83. The first kappa shape index (κ1) is 11.4. The van der Waals surface area contributed by atoms with Gasteiger partial charge in [0.1, 0.15) is 0 Å². The van der Waals surface area contributed by atoms with Crippen molar-refractivity contribution in [3.63, 3.8) is 0 Å². The normalized spacial score (nSPS) is 36.6. The lowest BCUT2D eigenvalue weighted by molar-refractivity contribution is -0.0923. The van der Waals surface area contributed by atoms with E-state index in [0.29, 0.717) is 0 Å². The Labute approximate surface area is 93.2 Å². The van der Waals surface area contributed by atoms with Gasteiger partial charge in [0, 0.05) is 19.2 Å². The minimum atomic E-state index is 0.172. The van der Waals surface area contributed by atoms with Gasteiger partial charge < -0.3 is 15.0 Å². The standard InChI is InChI=1S/C12H24N2O/c1-3-14(4-2)11-5-8-15-12(9-11)6-7-13-10-12/h11,13H,3-10H2,1-2H3/t11-,12-/m1/s1. The predicted octanol–water partition coefficient (Wildman–Crippen LogP) is 1.24. The molecule has 0 saturated carbocycles. The summed E-state index contributed by atoms with van der Waals surface area (Å²) in [5.74, 6) is 0. The number of nitrogens with one attached hydrogen (secondary N) is 1. The highest BCUT2D eigenvalue weighted by atomic mass is 16.5. The van der Waals surface area contributed by atoms with E-state index in [1.165, 1.54) is 32.4 Å². The van der Waals surface area contributed by atoms with Crippen molar-refractivity contribution < 1.29 is 4.74 Å². The molecule has 0 unspecified atom stereocenters. The summed E-state index contributed by atoms with van der Waals surface area (Å²) in [7, 11) is 0. The number of nitrogens with zero attached hydrogens (tertiary/aromatic N) is 1. The number of hydrogen-bond acceptors (Lipinski definition) is 3. The average Bonchev–Trinajstić information content (AvgIpc) is 2.68.